The van der Waals surface area contributed by atoms with Crippen LogP contribution in [0.1, 0.15) is 31.4 Å². The number of carbonyl (C=O) groups excluding carboxylic acids is 1. The molecule has 0 fully saturated rings. The average Bonchev–Trinajstić information content (AvgIpc) is 2.87. The highest BCUT2D eigenvalue weighted by molar-refractivity contribution is 5.77. The van der Waals surface area contributed by atoms with Gasteiger partial charge in [-0.05, 0) is 25.6 Å². The second kappa shape index (κ2) is 7.14. The highest BCUT2D eigenvalue weighted by atomic mass is 16.5. The first-order valence-electron chi connectivity index (χ1n) is 7.08. The van der Waals surface area contributed by atoms with Crippen molar-refractivity contribution in [3.05, 3.63) is 23.8 Å². The first kappa shape index (κ1) is 14.7. The molecule has 0 saturated carbocycles. The normalized spacial score (nSPS) is 16.4. The largest absolute Gasteiger partial charge is 0.491 e. The molecular formula is C15H22N2O3. The van der Waals surface area contributed by atoms with Crippen LogP contribution in [-0.2, 0) is 4.79 Å². The first-order valence-corrected chi connectivity index (χ1v) is 7.08. The molecule has 0 radical (unpaired) electrons. The van der Waals surface area contributed by atoms with Crippen LogP contribution < -0.4 is 20.1 Å². The molecule has 0 aromatic heterocycles. The molecular weight excluding hydrogens is 256 g/mol. The molecule has 0 bridgehead atoms. The van der Waals surface area contributed by atoms with E-state index in [0.29, 0.717) is 18.9 Å². The number of fused-ring (bicyclic) bond motifs is 1. The molecule has 110 valence electrons. The van der Waals surface area contributed by atoms with Crippen molar-refractivity contribution in [3.63, 3.8) is 0 Å². The Hall–Kier alpha value is -1.75. The van der Waals surface area contributed by atoms with Gasteiger partial charge in [0.2, 0.25) is 0 Å². The molecule has 1 aliphatic rings. The summed E-state index contributed by atoms with van der Waals surface area (Å²) in [4.78, 5) is 11.5. The number of rotatable bonds is 7. The summed E-state index contributed by atoms with van der Waals surface area (Å²) < 4.78 is 11.1. The summed E-state index contributed by atoms with van der Waals surface area (Å²) in [6.07, 6.45) is 2.06. The van der Waals surface area contributed by atoms with Crippen LogP contribution in [0.15, 0.2) is 18.2 Å². The van der Waals surface area contributed by atoms with Crippen LogP contribution in [-0.4, -0.2) is 32.7 Å². The van der Waals surface area contributed by atoms with Gasteiger partial charge in [-0.3, -0.25) is 4.79 Å². The molecule has 1 heterocycles. The Morgan fingerprint density at radius 1 is 1.50 bits per heavy atom. The maximum Gasteiger partial charge on any atom is 0.257 e. The maximum atomic E-state index is 11.5. The number of amides is 1. The van der Waals surface area contributed by atoms with E-state index in [4.69, 9.17) is 9.47 Å². The molecule has 1 aromatic rings. The highest BCUT2D eigenvalue weighted by Crippen LogP contribution is 2.34. The highest BCUT2D eigenvalue weighted by Gasteiger charge is 2.22. The molecule has 0 aliphatic carbocycles. The van der Waals surface area contributed by atoms with Gasteiger partial charge < -0.3 is 20.1 Å². The molecule has 0 spiro atoms. The number of benzene rings is 1. The van der Waals surface area contributed by atoms with Gasteiger partial charge in [-0.15, -0.1) is 0 Å². The summed E-state index contributed by atoms with van der Waals surface area (Å²) in [6, 6.07) is 5.92. The van der Waals surface area contributed by atoms with Crippen molar-refractivity contribution in [1.82, 2.24) is 10.6 Å². The number of nitrogens with one attached hydrogen (secondary N) is 2. The SMILES string of the molecule is CCCCNC(=O)COc1ccc2c(c1)OCC2NC. The van der Waals surface area contributed by atoms with E-state index in [0.717, 1.165) is 24.2 Å². The molecule has 1 aliphatic heterocycles. The first-order chi connectivity index (χ1) is 9.74. The van der Waals surface area contributed by atoms with E-state index in [9.17, 15) is 4.79 Å². The van der Waals surface area contributed by atoms with E-state index >= 15 is 0 Å². The molecule has 0 saturated heterocycles. The lowest BCUT2D eigenvalue weighted by Gasteiger charge is -2.09. The van der Waals surface area contributed by atoms with Crippen molar-refractivity contribution in [2.45, 2.75) is 25.8 Å². The van der Waals surface area contributed by atoms with Crippen LogP contribution >= 0.6 is 0 Å². The quantitative estimate of drug-likeness (QED) is 0.744. The fourth-order valence-electron chi connectivity index (χ4n) is 2.12. The van der Waals surface area contributed by atoms with Gasteiger partial charge in [-0.25, -0.2) is 0 Å². The summed E-state index contributed by atoms with van der Waals surface area (Å²) in [6.45, 7) is 3.46. The van der Waals surface area contributed by atoms with Gasteiger partial charge in [0.25, 0.3) is 5.91 Å². The van der Waals surface area contributed by atoms with E-state index < -0.39 is 0 Å². The van der Waals surface area contributed by atoms with Crippen LogP contribution in [0, 0.1) is 0 Å². The zero-order valence-electron chi connectivity index (χ0n) is 12.1. The standard InChI is InChI=1S/C15H22N2O3/c1-3-4-7-17-15(18)10-19-11-5-6-12-13(16-2)9-20-14(12)8-11/h5-6,8,13,16H,3-4,7,9-10H2,1-2H3,(H,17,18). The molecule has 5 nitrogen and oxygen atoms in total. The number of carbonyl (C=O) groups is 1. The minimum absolute atomic E-state index is 0.0396. The van der Waals surface area contributed by atoms with Gasteiger partial charge in [0.15, 0.2) is 6.61 Å². The fourth-order valence-corrected chi connectivity index (χ4v) is 2.12. The maximum absolute atomic E-state index is 11.5. The molecule has 1 amide bonds. The molecule has 20 heavy (non-hydrogen) atoms. The zero-order chi connectivity index (χ0) is 14.4. The van der Waals surface area contributed by atoms with Gasteiger partial charge in [-0.2, -0.15) is 0 Å². The predicted molar refractivity (Wildman–Crippen MR) is 77.2 cm³/mol. The number of unbranched alkanes of at least 4 members (excludes halogenated alkanes) is 1. The minimum Gasteiger partial charge on any atom is -0.491 e. The Labute approximate surface area is 119 Å². The third-order valence-corrected chi connectivity index (χ3v) is 3.34. The Morgan fingerprint density at radius 2 is 2.35 bits per heavy atom. The molecule has 2 rings (SSSR count). The third-order valence-electron chi connectivity index (χ3n) is 3.34. The van der Waals surface area contributed by atoms with E-state index in [1.807, 2.05) is 25.2 Å². The number of likely N-dealkylation sites (N-methyl/N-ethyl adjacent to an activating group) is 1. The van der Waals surface area contributed by atoms with Crippen LogP contribution in [0.2, 0.25) is 0 Å². The van der Waals surface area contributed by atoms with Gasteiger partial charge in [0.1, 0.15) is 18.1 Å². The van der Waals surface area contributed by atoms with Crippen molar-refractivity contribution in [2.75, 3.05) is 26.8 Å². The van der Waals surface area contributed by atoms with Crippen LogP contribution in [0.25, 0.3) is 0 Å². The number of hydrogen-bond acceptors (Lipinski definition) is 4. The van der Waals surface area contributed by atoms with Gasteiger partial charge in [-0.1, -0.05) is 13.3 Å². The van der Waals surface area contributed by atoms with Crippen molar-refractivity contribution in [3.8, 4) is 11.5 Å². The van der Waals surface area contributed by atoms with Crippen molar-refractivity contribution < 1.29 is 14.3 Å². The summed E-state index contributed by atoms with van der Waals surface area (Å²) in [5.41, 5.74) is 1.13. The van der Waals surface area contributed by atoms with Gasteiger partial charge >= 0.3 is 0 Å². The summed E-state index contributed by atoms with van der Waals surface area (Å²) in [5, 5.41) is 6.01. The predicted octanol–water partition coefficient (Wildman–Crippen LogP) is 1.63. The Bertz CT molecular complexity index is 462. The van der Waals surface area contributed by atoms with Gasteiger partial charge in [0.05, 0.1) is 6.04 Å². The monoisotopic (exact) mass is 278 g/mol. The Morgan fingerprint density at radius 3 is 3.10 bits per heavy atom. The van der Waals surface area contributed by atoms with Crippen LogP contribution in [0.5, 0.6) is 11.5 Å². The van der Waals surface area contributed by atoms with Crippen LogP contribution in [0.4, 0.5) is 0 Å². The van der Waals surface area contributed by atoms with E-state index in [1.54, 1.807) is 0 Å². The Balaban J connectivity index is 1.84. The number of ether oxygens (including phenoxy) is 2. The van der Waals surface area contributed by atoms with Crippen LogP contribution in [0.3, 0.4) is 0 Å². The van der Waals surface area contributed by atoms with Crippen molar-refractivity contribution in [2.24, 2.45) is 0 Å². The molecule has 2 N–H and O–H groups in total. The lowest BCUT2D eigenvalue weighted by atomic mass is 10.1. The summed E-state index contributed by atoms with van der Waals surface area (Å²) in [7, 11) is 1.91. The van der Waals surface area contributed by atoms with E-state index in [2.05, 4.69) is 17.6 Å². The molecule has 1 unspecified atom stereocenters. The lowest BCUT2D eigenvalue weighted by Crippen LogP contribution is -2.29. The van der Waals surface area contributed by atoms with E-state index in [1.165, 1.54) is 0 Å². The second-order valence-electron chi connectivity index (χ2n) is 4.84. The van der Waals surface area contributed by atoms with E-state index in [-0.39, 0.29) is 18.6 Å². The third kappa shape index (κ3) is 3.63. The lowest BCUT2D eigenvalue weighted by molar-refractivity contribution is -0.123. The minimum atomic E-state index is -0.0898. The van der Waals surface area contributed by atoms with Gasteiger partial charge in [0, 0.05) is 18.2 Å². The average molecular weight is 278 g/mol. The van der Waals surface area contributed by atoms with Crippen molar-refractivity contribution in [1.29, 1.82) is 0 Å². The molecule has 5 heteroatoms. The summed E-state index contributed by atoms with van der Waals surface area (Å²) in [5.74, 6) is 1.40. The number of hydrogen-bond donors (Lipinski definition) is 2. The fraction of sp³-hybridized carbons (Fsp3) is 0.533. The topological polar surface area (TPSA) is 59.6 Å². The summed E-state index contributed by atoms with van der Waals surface area (Å²) >= 11 is 0. The smallest absolute Gasteiger partial charge is 0.257 e. The molecule has 1 aromatic carbocycles. The Kier molecular flexibility index (Phi) is 5.24. The van der Waals surface area contributed by atoms with Crippen molar-refractivity contribution >= 4 is 5.91 Å². The second-order valence-corrected chi connectivity index (χ2v) is 4.84. The zero-order valence-corrected chi connectivity index (χ0v) is 12.1. The molecule has 1 atom stereocenters.